The van der Waals surface area contributed by atoms with Crippen LogP contribution in [0.3, 0.4) is 0 Å². The first-order chi connectivity index (χ1) is 17.3. The molecule has 36 heavy (non-hydrogen) atoms. The Balaban J connectivity index is 0.00000320. The molecule has 188 valence electrons. The zero-order valence-corrected chi connectivity index (χ0v) is 21.2. The maximum atomic E-state index is 13.1. The minimum atomic E-state index is -3.76. The molecule has 0 unspecified atom stereocenters. The molecule has 1 fully saturated rings. The zero-order chi connectivity index (χ0) is 25.3. The van der Waals surface area contributed by atoms with E-state index in [4.69, 9.17) is 11.6 Å². The summed E-state index contributed by atoms with van der Waals surface area (Å²) >= 11 is 6.15. The maximum Gasteiger partial charge on any atom is 0.263 e. The average Bonchev–Trinajstić information content (AvgIpc) is 3.26. The number of sulfonamides is 1. The van der Waals surface area contributed by atoms with E-state index < -0.39 is 10.0 Å². The lowest BCUT2D eigenvalue weighted by Gasteiger charge is -2.41. The number of hydrogen-bond acceptors (Lipinski definition) is 6. The Morgan fingerprint density at radius 2 is 1.94 bits per heavy atom. The van der Waals surface area contributed by atoms with E-state index in [2.05, 4.69) is 19.6 Å². The lowest BCUT2D eigenvalue weighted by atomic mass is 10.1. The number of hydrogen-bond donors (Lipinski definition) is 1. The molecule has 1 aliphatic heterocycles. The molecule has 4 aromatic rings. The van der Waals surface area contributed by atoms with Gasteiger partial charge >= 0.3 is 0 Å². The third kappa shape index (κ3) is 5.00. The van der Waals surface area contributed by atoms with Crippen molar-refractivity contribution in [2.45, 2.75) is 24.4 Å². The Kier molecular flexibility index (Phi) is 6.55. The maximum absolute atomic E-state index is 13.1. The van der Waals surface area contributed by atoms with Crippen LogP contribution in [0.25, 0.3) is 10.9 Å². The SMILES string of the molecule is C[C@H]1CN(c2ccc(S(=O)(=O)Nc3ccncn3)cc2)CCN1C(=O)Cn1ccc2ccc(Cl)cc21.[HH]. The number of aromatic nitrogens is 3. The van der Waals surface area contributed by atoms with Gasteiger partial charge in [-0.05, 0) is 60.8 Å². The number of nitrogens with zero attached hydrogens (tertiary/aromatic N) is 5. The van der Waals surface area contributed by atoms with E-state index in [1.807, 2.05) is 46.9 Å². The summed E-state index contributed by atoms with van der Waals surface area (Å²) in [6.45, 7) is 4.16. The Bertz CT molecular complexity index is 1500. The van der Waals surface area contributed by atoms with Crippen molar-refractivity contribution in [1.29, 1.82) is 0 Å². The van der Waals surface area contributed by atoms with Gasteiger partial charge in [0.2, 0.25) is 5.91 Å². The first-order valence-electron chi connectivity index (χ1n) is 11.5. The summed E-state index contributed by atoms with van der Waals surface area (Å²) < 4.78 is 29.7. The van der Waals surface area contributed by atoms with Gasteiger partial charge in [-0.3, -0.25) is 9.52 Å². The molecule has 11 heteroatoms. The van der Waals surface area contributed by atoms with Gasteiger partial charge in [0.1, 0.15) is 18.7 Å². The van der Waals surface area contributed by atoms with Crippen molar-refractivity contribution < 1.29 is 14.6 Å². The summed E-state index contributed by atoms with van der Waals surface area (Å²) in [6.07, 6.45) is 4.66. The van der Waals surface area contributed by atoms with E-state index in [9.17, 15) is 13.2 Å². The fourth-order valence-corrected chi connectivity index (χ4v) is 5.65. The molecular weight excluding hydrogens is 500 g/mol. The van der Waals surface area contributed by atoms with Crippen molar-refractivity contribution in [1.82, 2.24) is 19.4 Å². The Morgan fingerprint density at radius 3 is 2.67 bits per heavy atom. The van der Waals surface area contributed by atoms with Gasteiger partial charge in [-0.25, -0.2) is 18.4 Å². The van der Waals surface area contributed by atoms with E-state index >= 15 is 0 Å². The summed E-state index contributed by atoms with van der Waals surface area (Å²) in [6, 6.07) is 15.8. The van der Waals surface area contributed by atoms with Crippen molar-refractivity contribution in [3.05, 3.63) is 78.3 Å². The first-order valence-corrected chi connectivity index (χ1v) is 13.3. The molecule has 9 nitrogen and oxygen atoms in total. The lowest BCUT2D eigenvalue weighted by Crippen LogP contribution is -2.54. The second-order valence-corrected chi connectivity index (χ2v) is 10.8. The number of benzene rings is 2. The van der Waals surface area contributed by atoms with Crippen LogP contribution in [0.2, 0.25) is 5.02 Å². The highest BCUT2D eigenvalue weighted by molar-refractivity contribution is 7.92. The quantitative estimate of drug-likeness (QED) is 0.409. The third-order valence-electron chi connectivity index (χ3n) is 6.32. The van der Waals surface area contributed by atoms with Crippen LogP contribution < -0.4 is 9.62 Å². The molecule has 1 aliphatic rings. The Hall–Kier alpha value is -3.63. The summed E-state index contributed by atoms with van der Waals surface area (Å²) in [5.74, 6) is 0.261. The van der Waals surface area contributed by atoms with Crippen molar-refractivity contribution in [2.75, 3.05) is 29.3 Å². The number of anilines is 2. The average molecular weight is 527 g/mol. The normalized spacial score (nSPS) is 16.3. The molecule has 1 saturated heterocycles. The van der Waals surface area contributed by atoms with Crippen molar-refractivity contribution in [3.63, 3.8) is 0 Å². The minimum Gasteiger partial charge on any atom is -0.368 e. The summed E-state index contributed by atoms with van der Waals surface area (Å²) in [7, 11) is -3.76. The minimum absolute atomic E-state index is 0. The number of piperazine rings is 1. The van der Waals surface area contributed by atoms with Gasteiger partial charge < -0.3 is 14.4 Å². The van der Waals surface area contributed by atoms with E-state index in [1.54, 1.807) is 24.3 Å². The topological polar surface area (TPSA) is 100 Å². The summed E-state index contributed by atoms with van der Waals surface area (Å²) in [5.41, 5.74) is 1.84. The second kappa shape index (κ2) is 9.79. The predicted octanol–water partition coefficient (Wildman–Crippen LogP) is 3.87. The molecular formula is C25H27ClN6O3S. The molecule has 1 amide bonds. The molecule has 0 saturated carbocycles. The molecule has 2 aromatic heterocycles. The molecule has 0 bridgehead atoms. The molecule has 5 rings (SSSR count). The fourth-order valence-electron chi connectivity index (χ4n) is 4.48. The van der Waals surface area contributed by atoms with Crippen LogP contribution in [0.15, 0.2) is 78.2 Å². The van der Waals surface area contributed by atoms with E-state index in [0.29, 0.717) is 24.7 Å². The van der Waals surface area contributed by atoms with E-state index in [0.717, 1.165) is 16.6 Å². The summed E-state index contributed by atoms with van der Waals surface area (Å²) in [5, 5.41) is 1.68. The Labute approximate surface area is 215 Å². The Morgan fingerprint density at radius 1 is 1.14 bits per heavy atom. The fraction of sp³-hybridized carbons (Fsp3) is 0.240. The van der Waals surface area contributed by atoms with Gasteiger partial charge in [0.25, 0.3) is 10.0 Å². The van der Waals surface area contributed by atoms with Crippen LogP contribution in [-0.4, -0.2) is 59.4 Å². The molecule has 2 aromatic carbocycles. The number of halogens is 1. The first kappa shape index (κ1) is 24.1. The molecule has 1 N–H and O–H groups in total. The van der Waals surface area contributed by atoms with Crippen molar-refractivity contribution >= 4 is 49.9 Å². The van der Waals surface area contributed by atoms with Gasteiger partial charge in [-0.15, -0.1) is 0 Å². The molecule has 0 aliphatic carbocycles. The standard InChI is InChI=1S/C25H25ClN6O3S.H2/c1-18-15-30(21-4-6-22(7-5-21)36(34,35)29-24-8-10-27-17-28-24)12-13-32(18)25(33)16-31-11-9-19-2-3-20(26)14-23(19)31;/h2-11,14,17-18H,12-13,15-16H2,1H3,(H,27,28,29);1H/t18-;/m0./s1. The number of nitrogens with one attached hydrogen (secondary N) is 1. The lowest BCUT2D eigenvalue weighted by molar-refractivity contribution is -0.134. The van der Waals surface area contributed by atoms with Crippen LogP contribution >= 0.6 is 11.6 Å². The van der Waals surface area contributed by atoms with E-state index in [1.165, 1.54) is 18.6 Å². The molecule has 1 atom stereocenters. The van der Waals surface area contributed by atoms with Crippen LogP contribution in [0.4, 0.5) is 11.5 Å². The highest BCUT2D eigenvalue weighted by atomic mass is 35.5. The molecule has 3 heterocycles. The number of carbonyl (C=O) groups is 1. The van der Waals surface area contributed by atoms with Crippen LogP contribution in [-0.2, 0) is 21.4 Å². The largest absolute Gasteiger partial charge is 0.368 e. The third-order valence-corrected chi connectivity index (χ3v) is 7.93. The van der Waals surface area contributed by atoms with Crippen molar-refractivity contribution in [2.24, 2.45) is 0 Å². The smallest absolute Gasteiger partial charge is 0.263 e. The number of rotatable bonds is 6. The van der Waals surface area contributed by atoms with Crippen LogP contribution in [0.1, 0.15) is 8.35 Å². The molecule has 0 radical (unpaired) electrons. The van der Waals surface area contributed by atoms with Gasteiger partial charge in [0.15, 0.2) is 0 Å². The predicted molar refractivity (Wildman–Crippen MR) is 142 cm³/mol. The number of amides is 1. The van der Waals surface area contributed by atoms with Crippen molar-refractivity contribution in [3.8, 4) is 0 Å². The van der Waals surface area contributed by atoms with Crippen LogP contribution in [0.5, 0.6) is 0 Å². The van der Waals surface area contributed by atoms with Gasteiger partial charge in [0.05, 0.1) is 4.90 Å². The van der Waals surface area contributed by atoms with E-state index in [-0.39, 0.29) is 30.6 Å². The van der Waals surface area contributed by atoms with Gasteiger partial charge in [-0.2, -0.15) is 0 Å². The zero-order valence-electron chi connectivity index (χ0n) is 19.6. The highest BCUT2D eigenvalue weighted by Gasteiger charge is 2.28. The summed E-state index contributed by atoms with van der Waals surface area (Å²) in [4.78, 5) is 25.0. The van der Waals surface area contributed by atoms with Gasteiger partial charge in [-0.1, -0.05) is 17.7 Å². The molecule has 0 spiro atoms. The highest BCUT2D eigenvalue weighted by Crippen LogP contribution is 2.24. The second-order valence-electron chi connectivity index (χ2n) is 8.72. The van der Waals surface area contributed by atoms with Crippen LogP contribution in [0, 0.1) is 0 Å². The number of carbonyl (C=O) groups excluding carboxylic acids is 1. The number of fused-ring (bicyclic) bond motifs is 1. The van der Waals surface area contributed by atoms with Gasteiger partial charge in [0, 0.05) is 55.7 Å². The monoisotopic (exact) mass is 526 g/mol.